The van der Waals surface area contributed by atoms with E-state index in [1.54, 1.807) is 20.8 Å². The molecule has 1 amide bonds. The second kappa shape index (κ2) is 6.87. The first kappa shape index (κ1) is 17.4. The fourth-order valence-electron chi connectivity index (χ4n) is 1.65. The van der Waals surface area contributed by atoms with Crippen molar-refractivity contribution >= 4 is 17.7 Å². The Morgan fingerprint density at radius 2 is 2.10 bits per heavy atom. The fourth-order valence-corrected chi connectivity index (χ4v) is 1.87. The second-order valence-electron chi connectivity index (χ2n) is 5.54. The number of phenolic OH excluding ortho intramolecular Hbond substituents is 1. The largest absolute Gasteiger partial charge is 0.504 e. The van der Waals surface area contributed by atoms with Gasteiger partial charge < -0.3 is 25.6 Å². The van der Waals surface area contributed by atoms with Crippen molar-refractivity contribution in [2.75, 3.05) is 13.7 Å². The van der Waals surface area contributed by atoms with Crippen LogP contribution in [-0.2, 0) is 4.74 Å². The summed E-state index contributed by atoms with van der Waals surface area (Å²) in [6.45, 7) is 5.38. The van der Waals surface area contributed by atoms with Gasteiger partial charge in [-0.1, -0.05) is 11.6 Å². The number of halogens is 1. The molecule has 7 heteroatoms. The first-order valence-corrected chi connectivity index (χ1v) is 6.80. The minimum atomic E-state index is -0.648. The van der Waals surface area contributed by atoms with Crippen LogP contribution in [0.3, 0.4) is 0 Å². The highest BCUT2D eigenvalue weighted by Gasteiger charge is 2.19. The quantitative estimate of drug-likeness (QED) is 0.793. The third-order valence-electron chi connectivity index (χ3n) is 2.55. The van der Waals surface area contributed by atoms with Gasteiger partial charge in [0.05, 0.1) is 13.2 Å². The van der Waals surface area contributed by atoms with E-state index in [9.17, 15) is 9.90 Å². The molecule has 1 aromatic rings. The summed E-state index contributed by atoms with van der Waals surface area (Å²) in [4.78, 5) is 11.6. The number of methoxy groups -OCH3 is 1. The summed E-state index contributed by atoms with van der Waals surface area (Å²) in [6.07, 6.45) is -0.577. The average molecular weight is 317 g/mol. The maximum atomic E-state index is 11.6. The van der Waals surface area contributed by atoms with Gasteiger partial charge >= 0.3 is 6.09 Å². The molecule has 0 aromatic heterocycles. The van der Waals surface area contributed by atoms with Gasteiger partial charge in [-0.15, -0.1) is 0 Å². The van der Waals surface area contributed by atoms with Gasteiger partial charge in [0.15, 0.2) is 11.5 Å². The summed E-state index contributed by atoms with van der Waals surface area (Å²) < 4.78 is 10.1. The van der Waals surface area contributed by atoms with E-state index in [-0.39, 0.29) is 18.0 Å². The number of ether oxygens (including phenoxy) is 2. The lowest BCUT2D eigenvalue weighted by molar-refractivity contribution is 0.0524. The van der Waals surface area contributed by atoms with Crippen LogP contribution >= 0.6 is 11.6 Å². The van der Waals surface area contributed by atoms with Crippen LogP contribution in [0.4, 0.5) is 4.79 Å². The van der Waals surface area contributed by atoms with Crippen molar-refractivity contribution in [1.29, 1.82) is 0 Å². The van der Waals surface area contributed by atoms with Crippen molar-refractivity contribution in [3.8, 4) is 11.5 Å². The van der Waals surface area contributed by atoms with Crippen LogP contribution in [-0.4, -0.2) is 30.5 Å². The number of nitrogens with one attached hydrogen (secondary N) is 1. The molecule has 0 heterocycles. The summed E-state index contributed by atoms with van der Waals surface area (Å²) in [6, 6.07) is 2.36. The average Bonchev–Trinajstić information content (AvgIpc) is 2.36. The molecule has 0 radical (unpaired) electrons. The number of nitrogens with two attached hydrogens (primary N) is 1. The Bertz CT molecular complexity index is 514. The van der Waals surface area contributed by atoms with Gasteiger partial charge in [0.25, 0.3) is 0 Å². The Hall–Kier alpha value is -1.66. The van der Waals surface area contributed by atoms with E-state index >= 15 is 0 Å². The van der Waals surface area contributed by atoms with Crippen molar-refractivity contribution in [2.45, 2.75) is 32.4 Å². The molecule has 1 unspecified atom stereocenters. The number of rotatable bonds is 4. The van der Waals surface area contributed by atoms with Gasteiger partial charge in [-0.25, -0.2) is 4.79 Å². The monoisotopic (exact) mass is 316 g/mol. The highest BCUT2D eigenvalue weighted by atomic mass is 35.5. The van der Waals surface area contributed by atoms with E-state index in [2.05, 4.69) is 5.32 Å². The lowest BCUT2D eigenvalue weighted by Crippen LogP contribution is -2.36. The van der Waals surface area contributed by atoms with Gasteiger partial charge in [0.2, 0.25) is 0 Å². The SMILES string of the molecule is COc1cc(Cl)cc(C(N)CNC(=O)OC(C)(C)C)c1O. The van der Waals surface area contributed by atoms with Crippen molar-refractivity contribution in [2.24, 2.45) is 5.73 Å². The first-order valence-electron chi connectivity index (χ1n) is 6.43. The Morgan fingerprint density at radius 1 is 1.48 bits per heavy atom. The number of phenols is 1. The molecule has 1 atom stereocenters. The molecule has 1 aromatic carbocycles. The van der Waals surface area contributed by atoms with Gasteiger partial charge in [0.1, 0.15) is 5.60 Å². The van der Waals surface area contributed by atoms with Crippen molar-refractivity contribution in [3.63, 3.8) is 0 Å². The molecule has 0 saturated heterocycles. The number of hydrogen-bond acceptors (Lipinski definition) is 5. The first-order chi connectivity index (χ1) is 9.64. The molecule has 0 spiro atoms. The molecule has 118 valence electrons. The molecular weight excluding hydrogens is 296 g/mol. The normalized spacial score (nSPS) is 12.7. The predicted octanol–water partition coefficient (Wildman–Crippen LogP) is 2.58. The van der Waals surface area contributed by atoms with E-state index in [0.717, 1.165) is 0 Å². The van der Waals surface area contributed by atoms with E-state index in [1.165, 1.54) is 19.2 Å². The molecular formula is C14H21ClN2O4. The third kappa shape index (κ3) is 5.32. The molecule has 0 aliphatic rings. The summed E-state index contributed by atoms with van der Waals surface area (Å²) in [5.74, 6) is 0.130. The summed E-state index contributed by atoms with van der Waals surface area (Å²) >= 11 is 5.94. The second-order valence-corrected chi connectivity index (χ2v) is 5.97. The number of alkyl carbamates (subject to hydrolysis) is 1. The number of amides is 1. The van der Waals surface area contributed by atoms with Gasteiger partial charge in [-0.3, -0.25) is 0 Å². The number of carbonyl (C=O) groups excluding carboxylic acids is 1. The van der Waals surface area contributed by atoms with Crippen LogP contribution in [0.1, 0.15) is 32.4 Å². The van der Waals surface area contributed by atoms with E-state index in [1.807, 2.05) is 0 Å². The van der Waals surface area contributed by atoms with E-state index in [4.69, 9.17) is 26.8 Å². The molecule has 6 nitrogen and oxygen atoms in total. The van der Waals surface area contributed by atoms with Crippen molar-refractivity contribution < 1.29 is 19.4 Å². The Kier molecular flexibility index (Phi) is 5.69. The molecule has 4 N–H and O–H groups in total. The molecule has 0 aliphatic heterocycles. The minimum Gasteiger partial charge on any atom is -0.504 e. The molecule has 0 fully saturated rings. The van der Waals surface area contributed by atoms with Crippen LogP contribution in [0.2, 0.25) is 5.02 Å². The van der Waals surface area contributed by atoms with Gasteiger partial charge in [-0.05, 0) is 26.8 Å². The van der Waals surface area contributed by atoms with Crippen LogP contribution in [0.5, 0.6) is 11.5 Å². The summed E-state index contributed by atoms with van der Waals surface area (Å²) in [5, 5.41) is 13.0. The Morgan fingerprint density at radius 3 is 2.62 bits per heavy atom. The maximum Gasteiger partial charge on any atom is 0.407 e. The zero-order valence-electron chi connectivity index (χ0n) is 12.6. The number of carbonyl (C=O) groups is 1. The smallest absolute Gasteiger partial charge is 0.407 e. The number of benzene rings is 1. The molecule has 1 rings (SSSR count). The van der Waals surface area contributed by atoms with Gasteiger partial charge in [0, 0.05) is 23.2 Å². The zero-order valence-corrected chi connectivity index (χ0v) is 13.3. The number of aromatic hydroxyl groups is 1. The number of hydrogen-bond donors (Lipinski definition) is 3. The predicted molar refractivity (Wildman–Crippen MR) is 80.8 cm³/mol. The molecule has 0 aliphatic carbocycles. The van der Waals surface area contributed by atoms with Crippen molar-refractivity contribution in [1.82, 2.24) is 5.32 Å². The topological polar surface area (TPSA) is 93.8 Å². The molecule has 0 saturated carbocycles. The molecule has 0 bridgehead atoms. The van der Waals surface area contributed by atoms with E-state index in [0.29, 0.717) is 10.6 Å². The fraction of sp³-hybridized carbons (Fsp3) is 0.500. The highest BCUT2D eigenvalue weighted by Crippen LogP contribution is 2.35. The summed E-state index contributed by atoms with van der Waals surface area (Å²) in [7, 11) is 1.42. The Labute approximate surface area is 129 Å². The van der Waals surface area contributed by atoms with Gasteiger partial charge in [-0.2, -0.15) is 0 Å². The lowest BCUT2D eigenvalue weighted by atomic mass is 10.1. The minimum absolute atomic E-state index is 0.0893. The van der Waals surface area contributed by atoms with E-state index < -0.39 is 17.7 Å². The standard InChI is InChI=1S/C14H21ClN2O4/c1-14(2,3)21-13(19)17-7-10(16)9-5-8(15)6-11(20-4)12(9)18/h5-6,10,18H,7,16H2,1-4H3,(H,17,19). The zero-order chi connectivity index (χ0) is 16.2. The maximum absolute atomic E-state index is 11.6. The van der Waals surface area contributed by atoms with Crippen LogP contribution < -0.4 is 15.8 Å². The Balaban J connectivity index is 2.74. The van der Waals surface area contributed by atoms with Crippen LogP contribution in [0, 0.1) is 0 Å². The van der Waals surface area contributed by atoms with Crippen molar-refractivity contribution in [3.05, 3.63) is 22.7 Å². The third-order valence-corrected chi connectivity index (χ3v) is 2.77. The molecule has 21 heavy (non-hydrogen) atoms. The summed E-state index contributed by atoms with van der Waals surface area (Å²) in [5.41, 5.74) is 5.75. The van der Waals surface area contributed by atoms with Crippen LogP contribution in [0.25, 0.3) is 0 Å². The lowest BCUT2D eigenvalue weighted by Gasteiger charge is -2.21. The highest BCUT2D eigenvalue weighted by molar-refractivity contribution is 6.30. The van der Waals surface area contributed by atoms with Crippen LogP contribution in [0.15, 0.2) is 12.1 Å².